The summed E-state index contributed by atoms with van der Waals surface area (Å²) < 4.78 is 6.96. The largest absolute Gasteiger partial charge is 0.448 e. The van der Waals surface area contributed by atoms with Gasteiger partial charge in [-0.1, -0.05) is 6.07 Å². The number of amides is 1. The van der Waals surface area contributed by atoms with Gasteiger partial charge in [-0.25, -0.2) is 10.4 Å². The number of fused-ring (bicyclic) bond motifs is 1. The summed E-state index contributed by atoms with van der Waals surface area (Å²) in [7, 11) is 0. The van der Waals surface area contributed by atoms with E-state index in [-0.39, 0.29) is 16.9 Å². The number of carbonyl (C=O) groups is 1. The van der Waals surface area contributed by atoms with E-state index in [1.807, 2.05) is 0 Å². The van der Waals surface area contributed by atoms with E-state index in [0.717, 1.165) is 6.07 Å². The number of hydrogen-bond acceptors (Lipinski definition) is 10. The lowest BCUT2D eigenvalue weighted by atomic mass is 10.2. The average Bonchev–Trinajstić information content (AvgIpc) is 3.39. The van der Waals surface area contributed by atoms with Crippen molar-refractivity contribution in [3.63, 3.8) is 0 Å². The molecule has 2 aromatic carbocycles. The standard InChI is InChI=1S/C19H11N5O6S2/c25-18(11-2-1-3-12(8-11)23(26)27)22-20-10-14-5-7-17(30-14)32-19-21-15-6-4-13(24(28)29)9-16(15)31-19/h1-10H,(H,22,25). The number of carbonyl (C=O) groups excluding carboxylic acids is 1. The van der Waals surface area contributed by atoms with Gasteiger partial charge < -0.3 is 4.42 Å². The highest BCUT2D eigenvalue weighted by Gasteiger charge is 2.13. The molecule has 13 heteroatoms. The van der Waals surface area contributed by atoms with Crippen LogP contribution < -0.4 is 5.43 Å². The molecule has 4 aromatic rings. The van der Waals surface area contributed by atoms with Crippen molar-refractivity contribution in [2.75, 3.05) is 0 Å². The van der Waals surface area contributed by atoms with E-state index in [4.69, 9.17) is 4.42 Å². The average molecular weight is 469 g/mol. The Bertz CT molecular complexity index is 1380. The van der Waals surface area contributed by atoms with Crippen molar-refractivity contribution in [3.05, 3.63) is 86.1 Å². The number of hydrazone groups is 1. The highest BCUT2D eigenvalue weighted by atomic mass is 32.2. The lowest BCUT2D eigenvalue weighted by molar-refractivity contribution is -0.385. The Morgan fingerprint density at radius 2 is 1.88 bits per heavy atom. The zero-order valence-corrected chi connectivity index (χ0v) is 17.5. The molecule has 0 unspecified atom stereocenters. The van der Waals surface area contributed by atoms with E-state index in [2.05, 4.69) is 15.5 Å². The van der Waals surface area contributed by atoms with Crippen molar-refractivity contribution in [2.24, 2.45) is 5.10 Å². The Balaban J connectivity index is 1.39. The van der Waals surface area contributed by atoms with Crippen LogP contribution in [-0.2, 0) is 0 Å². The number of benzene rings is 2. The summed E-state index contributed by atoms with van der Waals surface area (Å²) >= 11 is 2.55. The molecular weight excluding hydrogens is 458 g/mol. The van der Waals surface area contributed by atoms with Crippen molar-refractivity contribution < 1.29 is 19.1 Å². The molecule has 0 saturated heterocycles. The molecule has 1 amide bonds. The van der Waals surface area contributed by atoms with Gasteiger partial charge in [-0.2, -0.15) is 5.10 Å². The SMILES string of the molecule is O=C(NN=Cc1ccc(Sc2nc3ccc([N+](=O)[O-])cc3s2)o1)c1cccc([N+](=O)[O-])c1. The Hall–Kier alpha value is -4.10. The number of aromatic nitrogens is 1. The van der Waals surface area contributed by atoms with Gasteiger partial charge >= 0.3 is 0 Å². The van der Waals surface area contributed by atoms with Crippen molar-refractivity contribution in [1.29, 1.82) is 0 Å². The number of non-ortho nitro benzene ring substituents is 2. The molecular formula is C19H11N5O6S2. The summed E-state index contributed by atoms with van der Waals surface area (Å²) in [6.07, 6.45) is 1.29. The number of nitrogens with one attached hydrogen (secondary N) is 1. The fraction of sp³-hybridized carbons (Fsp3) is 0. The maximum atomic E-state index is 12.1. The van der Waals surface area contributed by atoms with Crippen LogP contribution in [0.3, 0.4) is 0 Å². The molecule has 160 valence electrons. The minimum absolute atomic E-state index is 0.00125. The maximum absolute atomic E-state index is 12.1. The second kappa shape index (κ2) is 8.95. The molecule has 0 atom stereocenters. The van der Waals surface area contributed by atoms with Crippen molar-refractivity contribution >= 4 is 56.8 Å². The highest BCUT2D eigenvalue weighted by molar-refractivity contribution is 8.01. The van der Waals surface area contributed by atoms with Gasteiger partial charge in [0.1, 0.15) is 5.76 Å². The van der Waals surface area contributed by atoms with Gasteiger partial charge in [0.05, 0.1) is 26.3 Å². The predicted octanol–water partition coefficient (Wildman–Crippen LogP) is 4.62. The van der Waals surface area contributed by atoms with E-state index < -0.39 is 15.8 Å². The number of furan rings is 1. The van der Waals surface area contributed by atoms with Crippen molar-refractivity contribution in [3.8, 4) is 0 Å². The monoisotopic (exact) mass is 469 g/mol. The Morgan fingerprint density at radius 1 is 1.09 bits per heavy atom. The zero-order valence-electron chi connectivity index (χ0n) is 15.8. The van der Waals surface area contributed by atoms with E-state index in [1.54, 1.807) is 18.2 Å². The quantitative estimate of drug-likeness (QED) is 0.234. The lowest BCUT2D eigenvalue weighted by Gasteiger charge is -1.99. The molecule has 2 heterocycles. The molecule has 32 heavy (non-hydrogen) atoms. The predicted molar refractivity (Wildman–Crippen MR) is 117 cm³/mol. The number of nitro benzene ring substituents is 2. The van der Waals surface area contributed by atoms with Gasteiger partial charge in [-0.05, 0) is 36.0 Å². The molecule has 0 aliphatic heterocycles. The second-order valence-electron chi connectivity index (χ2n) is 6.15. The Kier molecular flexibility index (Phi) is 5.91. The van der Waals surface area contributed by atoms with Gasteiger partial charge in [0.25, 0.3) is 17.3 Å². The van der Waals surface area contributed by atoms with Gasteiger partial charge in [-0.3, -0.25) is 25.0 Å². The van der Waals surface area contributed by atoms with E-state index in [0.29, 0.717) is 25.4 Å². The van der Waals surface area contributed by atoms with Crippen LogP contribution in [0.1, 0.15) is 16.1 Å². The third-order valence-corrected chi connectivity index (χ3v) is 6.03. The molecule has 0 fully saturated rings. The van der Waals surface area contributed by atoms with Crippen LogP contribution in [0.4, 0.5) is 11.4 Å². The zero-order chi connectivity index (χ0) is 22.7. The Morgan fingerprint density at radius 3 is 2.66 bits per heavy atom. The van der Waals surface area contributed by atoms with E-state index in [9.17, 15) is 25.0 Å². The van der Waals surface area contributed by atoms with Crippen LogP contribution in [0.5, 0.6) is 0 Å². The third kappa shape index (κ3) is 4.79. The molecule has 0 spiro atoms. The van der Waals surface area contributed by atoms with Gasteiger partial charge in [0.2, 0.25) is 0 Å². The topological polar surface area (TPSA) is 154 Å². The summed E-state index contributed by atoms with van der Waals surface area (Å²) in [6.45, 7) is 0. The summed E-state index contributed by atoms with van der Waals surface area (Å²) in [5.74, 6) is -0.238. The third-order valence-electron chi connectivity index (χ3n) is 4.03. The Labute approximate surface area is 187 Å². The van der Waals surface area contributed by atoms with E-state index in [1.165, 1.54) is 59.6 Å². The molecule has 0 aliphatic carbocycles. The molecule has 11 nitrogen and oxygen atoms in total. The molecule has 4 rings (SSSR count). The molecule has 0 radical (unpaired) electrons. The van der Waals surface area contributed by atoms with Gasteiger partial charge in [-0.15, -0.1) is 11.3 Å². The van der Waals surface area contributed by atoms with Crippen LogP contribution in [0.15, 0.2) is 73.5 Å². The van der Waals surface area contributed by atoms with Crippen LogP contribution in [-0.4, -0.2) is 27.0 Å². The summed E-state index contributed by atoms with van der Waals surface area (Å²) in [4.78, 5) is 37.1. The van der Waals surface area contributed by atoms with E-state index >= 15 is 0 Å². The molecule has 1 N–H and O–H groups in total. The normalized spacial score (nSPS) is 11.1. The maximum Gasteiger partial charge on any atom is 0.271 e. The fourth-order valence-electron chi connectivity index (χ4n) is 2.57. The van der Waals surface area contributed by atoms with Gasteiger partial charge in [0, 0.05) is 29.8 Å². The van der Waals surface area contributed by atoms with Crippen molar-refractivity contribution in [1.82, 2.24) is 10.4 Å². The summed E-state index contributed by atoms with van der Waals surface area (Å²) in [5, 5.41) is 26.0. The molecule has 2 aromatic heterocycles. The second-order valence-corrected chi connectivity index (χ2v) is 8.44. The number of thiazole rings is 1. The first-order valence-electron chi connectivity index (χ1n) is 8.79. The fourth-order valence-corrected chi connectivity index (χ4v) is 4.58. The highest BCUT2D eigenvalue weighted by Crippen LogP contribution is 2.36. The first-order valence-corrected chi connectivity index (χ1v) is 10.4. The van der Waals surface area contributed by atoms with Crippen LogP contribution in [0.25, 0.3) is 10.2 Å². The molecule has 0 bridgehead atoms. The smallest absolute Gasteiger partial charge is 0.271 e. The van der Waals surface area contributed by atoms with Crippen molar-refractivity contribution in [2.45, 2.75) is 9.43 Å². The van der Waals surface area contributed by atoms with Crippen LogP contribution in [0, 0.1) is 20.2 Å². The van der Waals surface area contributed by atoms with Gasteiger partial charge in [0.15, 0.2) is 9.43 Å². The lowest BCUT2D eigenvalue weighted by Crippen LogP contribution is -2.17. The summed E-state index contributed by atoms with van der Waals surface area (Å²) in [5.41, 5.74) is 2.84. The minimum Gasteiger partial charge on any atom is -0.448 e. The number of rotatable bonds is 7. The van der Waals surface area contributed by atoms with Crippen LogP contribution >= 0.6 is 23.1 Å². The first-order chi connectivity index (χ1) is 15.4. The number of nitro groups is 2. The first kappa shape index (κ1) is 21.1. The number of hydrogen-bond donors (Lipinski definition) is 1. The minimum atomic E-state index is -0.602. The molecule has 0 aliphatic rings. The van der Waals surface area contributed by atoms with Crippen LogP contribution in [0.2, 0.25) is 0 Å². The summed E-state index contributed by atoms with van der Waals surface area (Å²) in [6, 6.07) is 13.1. The number of nitrogens with zero attached hydrogens (tertiary/aromatic N) is 4. The molecule has 0 saturated carbocycles.